The lowest BCUT2D eigenvalue weighted by Gasteiger charge is -2.45. The maximum Gasteiger partial charge on any atom is 0.189 e. The van der Waals surface area contributed by atoms with E-state index in [1.807, 2.05) is 13.8 Å². The summed E-state index contributed by atoms with van der Waals surface area (Å²) in [4.78, 5) is 0. The lowest BCUT2D eigenvalue weighted by atomic mass is 9.98. The van der Waals surface area contributed by atoms with Crippen molar-refractivity contribution in [1.82, 2.24) is 0 Å². The molecule has 2 aliphatic rings. The average Bonchev–Trinajstić information content (AvgIpc) is 2.66. The molecule has 11 heteroatoms. The van der Waals surface area contributed by atoms with Gasteiger partial charge in [-0.3, -0.25) is 0 Å². The summed E-state index contributed by atoms with van der Waals surface area (Å²) in [5, 5.41) is 69.1. The lowest BCUT2D eigenvalue weighted by molar-refractivity contribution is -0.378. The van der Waals surface area contributed by atoms with E-state index < -0.39 is 74.6 Å². The monoisotopic (exact) mass is 410 g/mol. The first-order valence-electron chi connectivity index (χ1n) is 9.04. The minimum atomic E-state index is -1.70. The van der Waals surface area contributed by atoms with E-state index in [9.17, 15) is 35.7 Å². The van der Waals surface area contributed by atoms with Crippen molar-refractivity contribution in [3.63, 3.8) is 0 Å². The first-order chi connectivity index (χ1) is 13.2. The van der Waals surface area contributed by atoms with Crippen molar-refractivity contribution in [1.29, 1.82) is 0 Å². The number of rotatable bonds is 7. The quantitative estimate of drug-likeness (QED) is 0.208. The number of ether oxygens (including phenoxy) is 4. The van der Waals surface area contributed by atoms with Crippen molar-refractivity contribution in [3.05, 3.63) is 11.6 Å². The summed E-state index contributed by atoms with van der Waals surface area (Å²) in [6.45, 7) is 2.66. The number of allylic oxidation sites excluding steroid dienone is 1. The minimum Gasteiger partial charge on any atom is -0.394 e. The fourth-order valence-electron chi connectivity index (χ4n) is 3.01. The summed E-state index contributed by atoms with van der Waals surface area (Å²) >= 11 is 0. The van der Waals surface area contributed by atoms with Crippen LogP contribution < -0.4 is 0 Å². The molecule has 11 nitrogen and oxygen atoms in total. The van der Waals surface area contributed by atoms with Gasteiger partial charge < -0.3 is 54.7 Å². The third-order valence-electron chi connectivity index (χ3n) is 4.72. The molecule has 164 valence electrons. The van der Waals surface area contributed by atoms with Crippen molar-refractivity contribution < 1.29 is 54.7 Å². The molecule has 0 aromatic rings. The molecule has 28 heavy (non-hydrogen) atoms. The Hall–Kier alpha value is -0.700. The summed E-state index contributed by atoms with van der Waals surface area (Å²) in [7, 11) is 0. The van der Waals surface area contributed by atoms with Gasteiger partial charge in [0, 0.05) is 0 Å². The van der Waals surface area contributed by atoms with Crippen LogP contribution in [0.2, 0.25) is 0 Å². The van der Waals surface area contributed by atoms with Gasteiger partial charge in [0.2, 0.25) is 0 Å². The van der Waals surface area contributed by atoms with Crippen LogP contribution in [-0.2, 0) is 18.9 Å². The summed E-state index contributed by atoms with van der Waals surface area (Å²) in [5.74, 6) is 0. The van der Waals surface area contributed by atoms with Gasteiger partial charge in [-0.15, -0.1) is 0 Å². The van der Waals surface area contributed by atoms with Gasteiger partial charge >= 0.3 is 0 Å². The van der Waals surface area contributed by atoms with Crippen LogP contribution in [-0.4, -0.2) is 117 Å². The molecular weight excluding hydrogens is 380 g/mol. The van der Waals surface area contributed by atoms with E-state index in [4.69, 9.17) is 18.9 Å². The third kappa shape index (κ3) is 5.26. The Balaban J connectivity index is 2.05. The van der Waals surface area contributed by atoms with Gasteiger partial charge in [0.05, 0.1) is 19.8 Å². The summed E-state index contributed by atoms with van der Waals surface area (Å²) in [6, 6.07) is 0. The molecule has 0 radical (unpaired) electrons. The smallest absolute Gasteiger partial charge is 0.189 e. The lowest BCUT2D eigenvalue weighted by Crippen LogP contribution is -2.64. The average molecular weight is 410 g/mol. The summed E-state index contributed by atoms with van der Waals surface area (Å²) < 4.78 is 21.5. The highest BCUT2D eigenvalue weighted by atomic mass is 16.8. The SMILES string of the molecule is CC(C)=CCOC1C(CO)OC(OC2OC(CO)C(O)C(O)C2O)C(O)C1O. The van der Waals surface area contributed by atoms with Crippen molar-refractivity contribution in [2.45, 2.75) is 75.3 Å². The second-order valence-electron chi connectivity index (χ2n) is 7.12. The molecule has 7 N–H and O–H groups in total. The van der Waals surface area contributed by atoms with Gasteiger partial charge in [0.25, 0.3) is 0 Å². The first-order valence-corrected chi connectivity index (χ1v) is 9.04. The van der Waals surface area contributed by atoms with Crippen LogP contribution in [0, 0.1) is 0 Å². The first kappa shape index (κ1) is 23.6. The fourth-order valence-corrected chi connectivity index (χ4v) is 3.01. The fraction of sp³-hybridized carbons (Fsp3) is 0.882. The van der Waals surface area contributed by atoms with E-state index in [1.165, 1.54) is 0 Å². The zero-order valence-electron chi connectivity index (χ0n) is 15.7. The van der Waals surface area contributed by atoms with E-state index in [1.54, 1.807) is 6.08 Å². The molecule has 10 unspecified atom stereocenters. The van der Waals surface area contributed by atoms with E-state index in [-0.39, 0.29) is 6.61 Å². The van der Waals surface area contributed by atoms with Gasteiger partial charge in [-0.1, -0.05) is 11.6 Å². The van der Waals surface area contributed by atoms with Crippen molar-refractivity contribution in [2.75, 3.05) is 19.8 Å². The molecule has 2 heterocycles. The molecule has 0 aromatic heterocycles. The van der Waals surface area contributed by atoms with Crippen LogP contribution in [0.1, 0.15) is 13.8 Å². The molecule has 2 fully saturated rings. The maximum atomic E-state index is 10.4. The Morgan fingerprint density at radius 2 is 1.32 bits per heavy atom. The molecular formula is C17H30O11. The highest BCUT2D eigenvalue weighted by molar-refractivity contribution is 4.96. The van der Waals surface area contributed by atoms with Gasteiger partial charge in [0.15, 0.2) is 12.6 Å². The van der Waals surface area contributed by atoms with Gasteiger partial charge in [-0.2, -0.15) is 0 Å². The molecule has 0 aromatic carbocycles. The van der Waals surface area contributed by atoms with Crippen LogP contribution in [0.25, 0.3) is 0 Å². The topological polar surface area (TPSA) is 179 Å². The molecule has 2 rings (SSSR count). The van der Waals surface area contributed by atoms with Crippen molar-refractivity contribution >= 4 is 0 Å². The van der Waals surface area contributed by atoms with E-state index >= 15 is 0 Å². The maximum absolute atomic E-state index is 10.4. The Labute approximate surface area is 162 Å². The molecule has 0 amide bonds. The zero-order chi connectivity index (χ0) is 21.0. The normalized spacial score (nSPS) is 44.3. The standard InChI is InChI=1S/C17H30O11/c1-7(2)3-4-25-15-9(6-19)27-17(14(24)12(15)22)28-16-13(23)11(21)10(20)8(5-18)26-16/h3,8-24H,4-6H2,1-2H3. The van der Waals surface area contributed by atoms with Crippen molar-refractivity contribution in [3.8, 4) is 0 Å². The van der Waals surface area contributed by atoms with E-state index in [2.05, 4.69) is 0 Å². The highest BCUT2D eigenvalue weighted by Crippen LogP contribution is 2.29. The van der Waals surface area contributed by atoms with Crippen LogP contribution >= 0.6 is 0 Å². The zero-order valence-corrected chi connectivity index (χ0v) is 15.7. The van der Waals surface area contributed by atoms with Crippen molar-refractivity contribution in [2.24, 2.45) is 0 Å². The highest BCUT2D eigenvalue weighted by Gasteiger charge is 2.50. The van der Waals surface area contributed by atoms with Gasteiger partial charge in [-0.05, 0) is 13.8 Å². The molecule has 0 saturated carbocycles. The van der Waals surface area contributed by atoms with Crippen LogP contribution in [0.5, 0.6) is 0 Å². The minimum absolute atomic E-state index is 0.134. The Kier molecular flexibility index (Phi) is 8.73. The molecule has 0 bridgehead atoms. The second kappa shape index (κ2) is 10.4. The van der Waals surface area contributed by atoms with Gasteiger partial charge in [0.1, 0.15) is 48.8 Å². The van der Waals surface area contributed by atoms with E-state index in [0.717, 1.165) is 5.57 Å². The number of hydrogen-bond donors (Lipinski definition) is 7. The van der Waals surface area contributed by atoms with Gasteiger partial charge in [-0.25, -0.2) is 0 Å². The van der Waals surface area contributed by atoms with E-state index in [0.29, 0.717) is 0 Å². The molecule has 2 saturated heterocycles. The number of aliphatic hydroxyl groups is 7. The largest absolute Gasteiger partial charge is 0.394 e. The predicted molar refractivity (Wildman–Crippen MR) is 91.8 cm³/mol. The Bertz CT molecular complexity index is 507. The second-order valence-corrected chi connectivity index (χ2v) is 7.12. The Morgan fingerprint density at radius 1 is 0.786 bits per heavy atom. The predicted octanol–water partition coefficient (Wildman–Crippen LogP) is -3.41. The number of aliphatic hydroxyl groups excluding tert-OH is 7. The molecule has 0 aliphatic carbocycles. The molecule has 2 aliphatic heterocycles. The number of hydrogen-bond acceptors (Lipinski definition) is 11. The van der Waals surface area contributed by atoms with Crippen LogP contribution in [0.4, 0.5) is 0 Å². The summed E-state index contributed by atoms with van der Waals surface area (Å²) in [5.41, 5.74) is 0.983. The van der Waals surface area contributed by atoms with Crippen LogP contribution in [0.15, 0.2) is 11.6 Å². The van der Waals surface area contributed by atoms with Crippen LogP contribution in [0.3, 0.4) is 0 Å². The third-order valence-corrected chi connectivity index (χ3v) is 4.72. The molecule has 0 spiro atoms. The summed E-state index contributed by atoms with van der Waals surface area (Å²) in [6.07, 6.45) is -12.7. The Morgan fingerprint density at radius 3 is 1.86 bits per heavy atom. The molecule has 10 atom stereocenters.